The Hall–Kier alpha value is -3.80. The third-order valence-corrected chi connectivity index (χ3v) is 4.24. The fourth-order valence-electron chi connectivity index (χ4n) is 2.69. The molecular formula is C21H21F3N2O7. The fraction of sp³-hybridized carbons (Fsp3) is 0.286. The van der Waals surface area contributed by atoms with E-state index in [1.54, 1.807) is 42.5 Å². The van der Waals surface area contributed by atoms with Crippen molar-refractivity contribution in [3.05, 3.63) is 54.1 Å². The molecule has 2 aromatic carbocycles. The summed E-state index contributed by atoms with van der Waals surface area (Å²) in [7, 11) is 0. The summed E-state index contributed by atoms with van der Waals surface area (Å²) in [5, 5.41) is 19.2. The maximum Gasteiger partial charge on any atom is 0.490 e. The first kappa shape index (κ1) is 25.5. The normalized spacial score (nSPS) is 13.4. The molecule has 0 spiro atoms. The molecular weight excluding hydrogens is 449 g/mol. The molecule has 1 aliphatic rings. The summed E-state index contributed by atoms with van der Waals surface area (Å²) >= 11 is 0. The molecule has 1 saturated heterocycles. The molecule has 0 bridgehead atoms. The SMILES string of the molecule is O=C(COc1ccccc1)Nc1ccc(N2CCOCC2)cc1C(=O)O.O=C(O)C(F)(F)F. The Bertz CT molecular complexity index is 962. The zero-order valence-corrected chi connectivity index (χ0v) is 17.2. The van der Waals surface area contributed by atoms with Crippen LogP contribution in [0.5, 0.6) is 5.75 Å². The van der Waals surface area contributed by atoms with E-state index < -0.39 is 24.0 Å². The second-order valence-electron chi connectivity index (χ2n) is 6.59. The van der Waals surface area contributed by atoms with Crippen LogP contribution in [0.2, 0.25) is 0 Å². The number of rotatable bonds is 6. The molecule has 12 heteroatoms. The zero-order chi connectivity index (χ0) is 24.4. The highest BCUT2D eigenvalue weighted by Gasteiger charge is 2.38. The van der Waals surface area contributed by atoms with Gasteiger partial charge in [-0.05, 0) is 30.3 Å². The number of carbonyl (C=O) groups is 3. The minimum absolute atomic E-state index is 0.0436. The summed E-state index contributed by atoms with van der Waals surface area (Å²) in [4.78, 5) is 34.6. The molecule has 1 aliphatic heterocycles. The molecule has 178 valence electrons. The van der Waals surface area contributed by atoms with Gasteiger partial charge in [-0.2, -0.15) is 13.2 Å². The topological polar surface area (TPSA) is 125 Å². The third-order valence-electron chi connectivity index (χ3n) is 4.24. The molecule has 0 saturated carbocycles. The van der Waals surface area contributed by atoms with Crippen LogP contribution >= 0.6 is 0 Å². The summed E-state index contributed by atoms with van der Waals surface area (Å²) in [6, 6.07) is 13.9. The monoisotopic (exact) mass is 470 g/mol. The minimum Gasteiger partial charge on any atom is -0.484 e. The predicted octanol–water partition coefficient (Wildman–Crippen LogP) is 2.87. The fourth-order valence-corrected chi connectivity index (χ4v) is 2.69. The van der Waals surface area contributed by atoms with Crippen molar-refractivity contribution in [1.29, 1.82) is 0 Å². The number of aliphatic carboxylic acids is 1. The number of carboxylic acid groups (broad SMARTS) is 2. The Kier molecular flexibility index (Phi) is 9.04. The van der Waals surface area contributed by atoms with Gasteiger partial charge in [0.2, 0.25) is 0 Å². The van der Waals surface area contributed by atoms with Crippen molar-refractivity contribution in [3.63, 3.8) is 0 Å². The predicted molar refractivity (Wildman–Crippen MR) is 111 cm³/mol. The number of carboxylic acids is 2. The standard InChI is InChI=1S/C19H20N2O5.C2HF3O2/c22-18(13-26-15-4-2-1-3-5-15)20-17-7-6-14(12-16(17)19(23)24)21-8-10-25-11-9-21;3-2(4,5)1(6)7/h1-7,12H,8-11,13H2,(H,20,22)(H,23,24);(H,6,7). The number of amides is 1. The van der Waals surface area contributed by atoms with Crippen LogP contribution in [0.1, 0.15) is 10.4 Å². The number of aromatic carboxylic acids is 1. The van der Waals surface area contributed by atoms with Crippen molar-refractivity contribution in [3.8, 4) is 5.75 Å². The van der Waals surface area contributed by atoms with Gasteiger partial charge < -0.3 is 29.9 Å². The van der Waals surface area contributed by atoms with Gasteiger partial charge >= 0.3 is 18.1 Å². The number of para-hydroxylation sites is 1. The Morgan fingerprint density at radius 2 is 1.64 bits per heavy atom. The average Bonchev–Trinajstić information content (AvgIpc) is 2.79. The molecule has 0 atom stereocenters. The van der Waals surface area contributed by atoms with E-state index in [0.717, 1.165) is 5.69 Å². The first-order valence-electron chi connectivity index (χ1n) is 9.56. The van der Waals surface area contributed by atoms with Crippen molar-refractivity contribution in [2.24, 2.45) is 0 Å². The van der Waals surface area contributed by atoms with Crippen molar-refractivity contribution >= 4 is 29.2 Å². The van der Waals surface area contributed by atoms with Crippen LogP contribution in [0, 0.1) is 0 Å². The van der Waals surface area contributed by atoms with E-state index in [-0.39, 0.29) is 17.9 Å². The second-order valence-corrected chi connectivity index (χ2v) is 6.59. The van der Waals surface area contributed by atoms with E-state index in [1.165, 1.54) is 0 Å². The number of alkyl halides is 3. The highest BCUT2D eigenvalue weighted by molar-refractivity contribution is 6.01. The van der Waals surface area contributed by atoms with Crippen molar-refractivity contribution in [2.75, 3.05) is 43.1 Å². The maximum absolute atomic E-state index is 12.1. The van der Waals surface area contributed by atoms with E-state index >= 15 is 0 Å². The van der Waals surface area contributed by atoms with Crippen LogP contribution in [-0.4, -0.2) is 67.1 Å². The summed E-state index contributed by atoms with van der Waals surface area (Å²) in [5.74, 6) is -3.70. The summed E-state index contributed by atoms with van der Waals surface area (Å²) in [6.45, 7) is 2.43. The average molecular weight is 470 g/mol. The highest BCUT2D eigenvalue weighted by atomic mass is 19.4. The molecule has 9 nitrogen and oxygen atoms in total. The summed E-state index contributed by atoms with van der Waals surface area (Å²) < 4.78 is 42.4. The lowest BCUT2D eigenvalue weighted by atomic mass is 10.1. The Morgan fingerprint density at radius 1 is 1.03 bits per heavy atom. The van der Waals surface area contributed by atoms with E-state index in [4.69, 9.17) is 19.4 Å². The molecule has 2 aromatic rings. The number of ether oxygens (including phenoxy) is 2. The molecule has 0 unspecified atom stereocenters. The van der Waals surface area contributed by atoms with Crippen LogP contribution in [-0.2, 0) is 14.3 Å². The lowest BCUT2D eigenvalue weighted by Gasteiger charge is -2.29. The number of hydrogen-bond acceptors (Lipinski definition) is 6. The van der Waals surface area contributed by atoms with Gasteiger partial charge in [0.25, 0.3) is 5.91 Å². The largest absolute Gasteiger partial charge is 0.490 e. The van der Waals surface area contributed by atoms with Gasteiger partial charge in [0.1, 0.15) is 5.75 Å². The highest BCUT2D eigenvalue weighted by Crippen LogP contribution is 2.24. The first-order chi connectivity index (χ1) is 15.6. The number of morpholine rings is 1. The summed E-state index contributed by atoms with van der Waals surface area (Å²) in [6.07, 6.45) is -5.08. The lowest BCUT2D eigenvalue weighted by molar-refractivity contribution is -0.192. The van der Waals surface area contributed by atoms with Gasteiger partial charge in [0, 0.05) is 18.8 Å². The van der Waals surface area contributed by atoms with Crippen molar-refractivity contribution in [1.82, 2.24) is 0 Å². The molecule has 0 aromatic heterocycles. The first-order valence-corrected chi connectivity index (χ1v) is 9.56. The number of hydrogen-bond donors (Lipinski definition) is 3. The molecule has 3 rings (SSSR count). The van der Waals surface area contributed by atoms with Crippen LogP contribution in [0.3, 0.4) is 0 Å². The van der Waals surface area contributed by atoms with Gasteiger partial charge in [-0.3, -0.25) is 4.79 Å². The smallest absolute Gasteiger partial charge is 0.484 e. The molecule has 1 amide bonds. The number of anilines is 2. The molecule has 3 N–H and O–H groups in total. The maximum atomic E-state index is 12.1. The van der Waals surface area contributed by atoms with Crippen LogP contribution < -0.4 is 15.0 Å². The summed E-state index contributed by atoms with van der Waals surface area (Å²) in [5.41, 5.74) is 1.09. The van der Waals surface area contributed by atoms with Gasteiger partial charge in [-0.25, -0.2) is 9.59 Å². The van der Waals surface area contributed by atoms with Gasteiger partial charge in [-0.15, -0.1) is 0 Å². The van der Waals surface area contributed by atoms with Crippen LogP contribution in [0.15, 0.2) is 48.5 Å². The molecule has 0 aliphatic carbocycles. The molecule has 1 fully saturated rings. The molecule has 0 radical (unpaired) electrons. The quantitative estimate of drug-likeness (QED) is 0.589. The number of nitrogens with zero attached hydrogens (tertiary/aromatic N) is 1. The zero-order valence-electron chi connectivity index (χ0n) is 17.2. The van der Waals surface area contributed by atoms with Gasteiger partial charge in [0.15, 0.2) is 6.61 Å². The van der Waals surface area contributed by atoms with E-state index in [1.807, 2.05) is 6.07 Å². The van der Waals surface area contributed by atoms with Crippen molar-refractivity contribution in [2.45, 2.75) is 6.18 Å². The molecule has 33 heavy (non-hydrogen) atoms. The van der Waals surface area contributed by atoms with E-state index in [9.17, 15) is 27.9 Å². The van der Waals surface area contributed by atoms with E-state index in [0.29, 0.717) is 32.1 Å². The van der Waals surface area contributed by atoms with Crippen LogP contribution in [0.4, 0.5) is 24.5 Å². The Balaban J connectivity index is 0.000000479. The Labute approximate surface area is 186 Å². The Morgan fingerprint density at radius 3 is 2.18 bits per heavy atom. The minimum atomic E-state index is -5.08. The second kappa shape index (κ2) is 11.7. The number of halogens is 3. The number of benzene rings is 2. The van der Waals surface area contributed by atoms with Crippen molar-refractivity contribution < 1.29 is 47.2 Å². The molecule has 1 heterocycles. The van der Waals surface area contributed by atoms with Gasteiger partial charge in [0.05, 0.1) is 24.5 Å². The van der Waals surface area contributed by atoms with Crippen LogP contribution in [0.25, 0.3) is 0 Å². The lowest BCUT2D eigenvalue weighted by Crippen LogP contribution is -2.36. The third kappa shape index (κ3) is 8.33. The van der Waals surface area contributed by atoms with E-state index in [2.05, 4.69) is 10.2 Å². The van der Waals surface area contributed by atoms with Gasteiger partial charge in [-0.1, -0.05) is 18.2 Å². The number of carbonyl (C=O) groups excluding carboxylic acids is 1. The number of nitrogens with one attached hydrogen (secondary N) is 1.